The van der Waals surface area contributed by atoms with Gasteiger partial charge in [-0.15, -0.1) is 0 Å². The van der Waals surface area contributed by atoms with Crippen LogP contribution in [-0.2, 0) is 9.53 Å². The van der Waals surface area contributed by atoms with Gasteiger partial charge in [0.05, 0.1) is 0 Å². The van der Waals surface area contributed by atoms with Crippen LogP contribution in [0.2, 0.25) is 0 Å². The fourth-order valence-corrected chi connectivity index (χ4v) is 1.51. The highest BCUT2D eigenvalue weighted by atomic mass is 16.5. The molecule has 0 N–H and O–H groups in total. The lowest BCUT2D eigenvalue weighted by Gasteiger charge is -2.21. The predicted octanol–water partition coefficient (Wildman–Crippen LogP) is 1.03. The van der Waals surface area contributed by atoms with E-state index >= 15 is 0 Å². The molecule has 12 heavy (non-hydrogen) atoms. The molecule has 0 bridgehead atoms. The maximum atomic E-state index is 11.6. The molecule has 0 aromatic rings. The number of hydrogen-bond acceptors (Lipinski definition) is 2. The Morgan fingerprint density at radius 1 is 1.50 bits per heavy atom. The largest absolute Gasteiger partial charge is 0.368 e. The van der Waals surface area contributed by atoms with Crippen LogP contribution < -0.4 is 0 Å². The zero-order valence-corrected chi connectivity index (χ0v) is 7.88. The fraction of sp³-hybridized carbons (Fsp3) is 0.889. The molecule has 1 unspecified atom stereocenters. The van der Waals surface area contributed by atoms with E-state index in [9.17, 15) is 4.79 Å². The Bertz CT molecular complexity index is 145. The lowest BCUT2D eigenvalue weighted by Crippen LogP contribution is -2.38. The second-order valence-electron chi connectivity index (χ2n) is 3.01. The molecular formula is C9H17NO2. The molecule has 0 saturated carbocycles. The molecule has 1 heterocycles. The number of carbonyl (C=O) groups excluding carboxylic acids is 1. The van der Waals surface area contributed by atoms with Gasteiger partial charge in [0.15, 0.2) is 0 Å². The van der Waals surface area contributed by atoms with Crippen molar-refractivity contribution >= 4 is 5.91 Å². The van der Waals surface area contributed by atoms with Crippen LogP contribution in [0.5, 0.6) is 0 Å². The van der Waals surface area contributed by atoms with Crippen LogP contribution in [0.15, 0.2) is 0 Å². The summed E-state index contributed by atoms with van der Waals surface area (Å²) >= 11 is 0. The van der Waals surface area contributed by atoms with Gasteiger partial charge >= 0.3 is 0 Å². The van der Waals surface area contributed by atoms with Crippen LogP contribution in [0, 0.1) is 0 Å². The number of hydrogen-bond donors (Lipinski definition) is 0. The van der Waals surface area contributed by atoms with Gasteiger partial charge in [0.25, 0.3) is 5.91 Å². The van der Waals surface area contributed by atoms with Crippen molar-refractivity contribution in [3.05, 3.63) is 0 Å². The third-order valence-corrected chi connectivity index (χ3v) is 2.28. The summed E-state index contributed by atoms with van der Waals surface area (Å²) in [5.74, 6) is 0.164. The summed E-state index contributed by atoms with van der Waals surface area (Å²) in [6.07, 6.45) is 1.78. The van der Waals surface area contributed by atoms with Crippen LogP contribution in [0.4, 0.5) is 0 Å². The number of likely N-dealkylation sites (N-methyl/N-ethyl adjacent to an activating group) is 1. The topological polar surface area (TPSA) is 29.5 Å². The Labute approximate surface area is 73.7 Å². The first-order valence-electron chi connectivity index (χ1n) is 4.70. The Morgan fingerprint density at radius 2 is 2.17 bits per heavy atom. The maximum Gasteiger partial charge on any atom is 0.251 e. The molecule has 3 nitrogen and oxygen atoms in total. The number of amides is 1. The third kappa shape index (κ3) is 1.97. The molecule has 1 aliphatic rings. The summed E-state index contributed by atoms with van der Waals surface area (Å²) in [5.41, 5.74) is 0. The number of carbonyl (C=O) groups is 1. The quantitative estimate of drug-likeness (QED) is 0.635. The van der Waals surface area contributed by atoms with Gasteiger partial charge in [0.1, 0.15) is 6.10 Å². The second kappa shape index (κ2) is 4.45. The molecule has 1 atom stereocenters. The minimum atomic E-state index is -0.148. The highest BCUT2D eigenvalue weighted by Crippen LogP contribution is 2.14. The van der Waals surface area contributed by atoms with Crippen LogP contribution in [0.1, 0.15) is 26.7 Å². The van der Waals surface area contributed by atoms with E-state index in [1.165, 1.54) is 0 Å². The summed E-state index contributed by atoms with van der Waals surface area (Å²) in [7, 11) is 0. The SMILES string of the molecule is CCN(CC)C(=O)C1CCCO1. The molecule has 1 aliphatic heterocycles. The number of nitrogens with zero attached hydrogens (tertiary/aromatic N) is 1. The minimum absolute atomic E-state index is 0.148. The Kier molecular flexibility index (Phi) is 3.53. The van der Waals surface area contributed by atoms with Crippen molar-refractivity contribution in [1.29, 1.82) is 0 Å². The standard InChI is InChI=1S/C9H17NO2/c1-3-10(4-2)9(11)8-6-5-7-12-8/h8H,3-7H2,1-2H3. The van der Waals surface area contributed by atoms with Gasteiger partial charge in [-0.05, 0) is 26.7 Å². The highest BCUT2D eigenvalue weighted by Gasteiger charge is 2.26. The summed E-state index contributed by atoms with van der Waals surface area (Å²) in [4.78, 5) is 13.4. The molecule has 0 aromatic heterocycles. The molecule has 0 aromatic carbocycles. The predicted molar refractivity (Wildman–Crippen MR) is 46.9 cm³/mol. The molecule has 1 fully saturated rings. The Balaban J connectivity index is 2.43. The first-order valence-corrected chi connectivity index (χ1v) is 4.70. The van der Waals surface area contributed by atoms with Crippen molar-refractivity contribution in [2.75, 3.05) is 19.7 Å². The average Bonchev–Trinajstić information content (AvgIpc) is 2.58. The molecule has 1 amide bonds. The Hall–Kier alpha value is -0.570. The molecule has 3 heteroatoms. The van der Waals surface area contributed by atoms with Crippen molar-refractivity contribution in [1.82, 2.24) is 4.90 Å². The van der Waals surface area contributed by atoms with Crippen LogP contribution in [0.25, 0.3) is 0 Å². The van der Waals surface area contributed by atoms with Gasteiger partial charge in [-0.1, -0.05) is 0 Å². The van der Waals surface area contributed by atoms with Crippen molar-refractivity contribution in [3.8, 4) is 0 Å². The first kappa shape index (κ1) is 9.52. The van der Waals surface area contributed by atoms with E-state index in [1.54, 1.807) is 0 Å². The number of rotatable bonds is 3. The van der Waals surface area contributed by atoms with E-state index in [0.717, 1.165) is 32.5 Å². The van der Waals surface area contributed by atoms with Crippen molar-refractivity contribution in [2.24, 2.45) is 0 Å². The molecule has 70 valence electrons. The molecule has 0 radical (unpaired) electrons. The lowest BCUT2D eigenvalue weighted by atomic mass is 10.2. The van der Waals surface area contributed by atoms with Crippen LogP contribution in [0.3, 0.4) is 0 Å². The zero-order chi connectivity index (χ0) is 8.97. The number of ether oxygens (including phenoxy) is 1. The van der Waals surface area contributed by atoms with E-state index in [4.69, 9.17) is 4.74 Å². The maximum absolute atomic E-state index is 11.6. The van der Waals surface area contributed by atoms with E-state index < -0.39 is 0 Å². The summed E-state index contributed by atoms with van der Waals surface area (Å²) < 4.78 is 5.31. The van der Waals surface area contributed by atoms with E-state index in [2.05, 4.69) is 0 Å². The molecule has 1 saturated heterocycles. The van der Waals surface area contributed by atoms with Crippen molar-refractivity contribution in [3.63, 3.8) is 0 Å². The van der Waals surface area contributed by atoms with Crippen LogP contribution >= 0.6 is 0 Å². The molecular weight excluding hydrogens is 154 g/mol. The van der Waals surface area contributed by atoms with Gasteiger partial charge in [0.2, 0.25) is 0 Å². The van der Waals surface area contributed by atoms with E-state index in [0.29, 0.717) is 0 Å². The fourth-order valence-electron chi connectivity index (χ4n) is 1.51. The van der Waals surface area contributed by atoms with Gasteiger partial charge < -0.3 is 9.64 Å². The van der Waals surface area contributed by atoms with Crippen LogP contribution in [-0.4, -0.2) is 36.6 Å². The van der Waals surface area contributed by atoms with Gasteiger partial charge in [-0.25, -0.2) is 0 Å². The van der Waals surface area contributed by atoms with Gasteiger partial charge in [-0.2, -0.15) is 0 Å². The lowest BCUT2D eigenvalue weighted by molar-refractivity contribution is -0.140. The average molecular weight is 171 g/mol. The van der Waals surface area contributed by atoms with E-state index in [-0.39, 0.29) is 12.0 Å². The van der Waals surface area contributed by atoms with Gasteiger partial charge in [-0.3, -0.25) is 4.79 Å². The monoisotopic (exact) mass is 171 g/mol. The smallest absolute Gasteiger partial charge is 0.251 e. The third-order valence-electron chi connectivity index (χ3n) is 2.28. The first-order chi connectivity index (χ1) is 5.79. The normalized spacial score (nSPS) is 22.7. The Morgan fingerprint density at radius 3 is 2.58 bits per heavy atom. The molecule has 1 rings (SSSR count). The van der Waals surface area contributed by atoms with Crippen molar-refractivity contribution in [2.45, 2.75) is 32.8 Å². The van der Waals surface area contributed by atoms with E-state index in [1.807, 2.05) is 18.7 Å². The summed E-state index contributed by atoms with van der Waals surface area (Å²) in [5, 5.41) is 0. The molecule has 0 aliphatic carbocycles. The van der Waals surface area contributed by atoms with Gasteiger partial charge in [0, 0.05) is 19.7 Å². The summed E-state index contributed by atoms with van der Waals surface area (Å²) in [6, 6.07) is 0. The minimum Gasteiger partial charge on any atom is -0.368 e. The van der Waals surface area contributed by atoms with Crippen molar-refractivity contribution < 1.29 is 9.53 Å². The highest BCUT2D eigenvalue weighted by molar-refractivity contribution is 5.81. The second-order valence-corrected chi connectivity index (χ2v) is 3.01. The summed E-state index contributed by atoms with van der Waals surface area (Å²) in [6.45, 7) is 6.31. The molecule has 0 spiro atoms. The zero-order valence-electron chi connectivity index (χ0n) is 7.88.